The molecule has 1 aliphatic rings. The summed E-state index contributed by atoms with van der Waals surface area (Å²) in [6.45, 7) is 4.67. The van der Waals surface area contributed by atoms with Gasteiger partial charge >= 0.3 is 0 Å². The molecule has 9 rings (SSSR count). The highest BCUT2D eigenvalue weighted by Gasteiger charge is 2.35. The molecule has 0 spiro atoms. The molecule has 218 valence electrons. The molecule has 0 bridgehead atoms. The van der Waals surface area contributed by atoms with Crippen LogP contribution in [0, 0.1) is 0 Å². The minimum atomic E-state index is -0.0119. The van der Waals surface area contributed by atoms with Crippen molar-refractivity contribution in [2.24, 2.45) is 0 Å². The number of anilines is 3. The quantitative estimate of drug-likeness (QED) is 0.185. The van der Waals surface area contributed by atoms with Crippen LogP contribution in [0.3, 0.4) is 0 Å². The van der Waals surface area contributed by atoms with Crippen LogP contribution in [0.5, 0.6) is 0 Å². The predicted octanol–water partition coefficient (Wildman–Crippen LogP) is 12.6. The van der Waals surface area contributed by atoms with Crippen LogP contribution in [0.4, 0.5) is 17.1 Å². The molecule has 0 heterocycles. The topological polar surface area (TPSA) is 3.24 Å². The van der Waals surface area contributed by atoms with E-state index in [9.17, 15) is 0 Å². The van der Waals surface area contributed by atoms with Gasteiger partial charge < -0.3 is 4.90 Å². The van der Waals surface area contributed by atoms with Crippen molar-refractivity contribution in [3.8, 4) is 22.3 Å². The van der Waals surface area contributed by atoms with E-state index in [1.54, 1.807) is 0 Å². The average molecular weight is 588 g/mol. The molecule has 0 radical (unpaired) electrons. The molecule has 1 heteroatoms. The summed E-state index contributed by atoms with van der Waals surface area (Å²) in [6, 6.07) is 60.2. The summed E-state index contributed by atoms with van der Waals surface area (Å²) in [5.41, 5.74) is 11.3. The number of fused-ring (bicyclic) bond motifs is 8. The second-order valence-electron chi connectivity index (χ2n) is 13.0. The summed E-state index contributed by atoms with van der Waals surface area (Å²) in [7, 11) is 0. The highest BCUT2D eigenvalue weighted by atomic mass is 15.1. The molecule has 1 aliphatic carbocycles. The first kappa shape index (κ1) is 26.7. The van der Waals surface area contributed by atoms with Crippen LogP contribution in [0.15, 0.2) is 164 Å². The third-order valence-corrected chi connectivity index (χ3v) is 10.0. The van der Waals surface area contributed by atoms with Crippen molar-refractivity contribution >= 4 is 49.4 Å². The predicted molar refractivity (Wildman–Crippen MR) is 197 cm³/mol. The Hall–Kier alpha value is -5.66. The van der Waals surface area contributed by atoms with Crippen LogP contribution in [0.1, 0.15) is 25.0 Å². The van der Waals surface area contributed by atoms with Gasteiger partial charge in [-0.25, -0.2) is 0 Å². The van der Waals surface area contributed by atoms with Crippen molar-refractivity contribution in [1.29, 1.82) is 0 Å². The molecule has 0 aromatic heterocycles. The standard InChI is InChI=1S/C45H33N/c1-45(2)43-15-9-8-14-40(43)42-29-36(24-27-44(42)45)46(34-11-4-3-5-12-34)35-22-18-30(19-23-35)33-17-16-32-21-25-38-37-13-7-6-10-31(37)20-26-39(38)41(32)28-33/h3-29H,1-2H3. The smallest absolute Gasteiger partial charge is 0.0468 e. The molecule has 0 aliphatic heterocycles. The monoisotopic (exact) mass is 587 g/mol. The maximum atomic E-state index is 2.38. The van der Waals surface area contributed by atoms with Gasteiger partial charge in [-0.1, -0.05) is 135 Å². The average Bonchev–Trinajstić information content (AvgIpc) is 3.34. The Morgan fingerprint density at radius 2 is 0.957 bits per heavy atom. The lowest BCUT2D eigenvalue weighted by atomic mass is 9.82. The normalized spacial score (nSPS) is 13.2. The molecule has 0 saturated carbocycles. The number of hydrogen-bond acceptors (Lipinski definition) is 1. The van der Waals surface area contributed by atoms with E-state index < -0.39 is 0 Å². The Morgan fingerprint density at radius 3 is 1.78 bits per heavy atom. The maximum absolute atomic E-state index is 2.38. The number of rotatable bonds is 4. The SMILES string of the molecule is CC1(C)c2ccccc2-c2cc(N(c3ccccc3)c3ccc(-c4ccc5ccc6c7ccccc7ccc6c5c4)cc3)ccc21. The number of para-hydroxylation sites is 1. The molecule has 0 unspecified atom stereocenters. The van der Waals surface area contributed by atoms with Crippen LogP contribution < -0.4 is 4.90 Å². The van der Waals surface area contributed by atoms with Gasteiger partial charge in [0.05, 0.1) is 0 Å². The van der Waals surface area contributed by atoms with E-state index in [2.05, 4.69) is 183 Å². The third kappa shape index (κ3) is 4.09. The summed E-state index contributed by atoms with van der Waals surface area (Å²) in [4.78, 5) is 2.37. The Kier molecular flexibility index (Phi) is 5.92. The molecule has 0 N–H and O–H groups in total. The van der Waals surface area contributed by atoms with E-state index in [0.29, 0.717) is 0 Å². The van der Waals surface area contributed by atoms with E-state index in [1.807, 2.05) is 0 Å². The van der Waals surface area contributed by atoms with Crippen molar-refractivity contribution < 1.29 is 0 Å². The van der Waals surface area contributed by atoms with Crippen LogP contribution in [0.2, 0.25) is 0 Å². The minimum absolute atomic E-state index is 0.0119. The molecule has 8 aromatic rings. The first-order chi connectivity index (χ1) is 22.6. The van der Waals surface area contributed by atoms with Crippen molar-refractivity contribution in [3.05, 3.63) is 175 Å². The van der Waals surface area contributed by atoms with Crippen LogP contribution in [-0.2, 0) is 5.41 Å². The molecular formula is C45H33N. The molecular weight excluding hydrogens is 555 g/mol. The lowest BCUT2D eigenvalue weighted by molar-refractivity contribution is 0.660. The number of nitrogens with zero attached hydrogens (tertiary/aromatic N) is 1. The van der Waals surface area contributed by atoms with Gasteiger partial charge in [-0.3, -0.25) is 0 Å². The zero-order valence-electron chi connectivity index (χ0n) is 26.0. The van der Waals surface area contributed by atoms with Crippen LogP contribution in [0.25, 0.3) is 54.6 Å². The lowest BCUT2D eigenvalue weighted by Crippen LogP contribution is -2.15. The van der Waals surface area contributed by atoms with Crippen molar-refractivity contribution in [2.75, 3.05) is 4.90 Å². The molecule has 8 aromatic carbocycles. The lowest BCUT2D eigenvalue weighted by Gasteiger charge is -2.27. The van der Waals surface area contributed by atoms with E-state index in [0.717, 1.165) is 17.1 Å². The molecule has 0 atom stereocenters. The first-order valence-corrected chi connectivity index (χ1v) is 16.1. The highest BCUT2D eigenvalue weighted by molar-refractivity contribution is 6.17. The molecule has 0 fully saturated rings. The Labute approximate surface area is 270 Å². The van der Waals surface area contributed by atoms with Crippen LogP contribution >= 0.6 is 0 Å². The first-order valence-electron chi connectivity index (χ1n) is 16.1. The van der Waals surface area contributed by atoms with E-state index in [1.165, 1.54) is 65.7 Å². The summed E-state index contributed by atoms with van der Waals surface area (Å²) < 4.78 is 0. The van der Waals surface area contributed by atoms with Gasteiger partial charge in [0.15, 0.2) is 0 Å². The van der Waals surface area contributed by atoms with Crippen molar-refractivity contribution in [2.45, 2.75) is 19.3 Å². The van der Waals surface area contributed by atoms with E-state index in [-0.39, 0.29) is 5.41 Å². The zero-order chi connectivity index (χ0) is 30.8. The maximum Gasteiger partial charge on any atom is 0.0468 e. The molecule has 0 saturated heterocycles. The van der Waals surface area contributed by atoms with Gasteiger partial charge in [-0.05, 0) is 108 Å². The summed E-state index contributed by atoms with van der Waals surface area (Å²) >= 11 is 0. The van der Waals surface area contributed by atoms with Gasteiger partial charge in [0.1, 0.15) is 0 Å². The fourth-order valence-electron chi connectivity index (χ4n) is 7.67. The van der Waals surface area contributed by atoms with Crippen molar-refractivity contribution in [1.82, 2.24) is 0 Å². The minimum Gasteiger partial charge on any atom is -0.310 e. The largest absolute Gasteiger partial charge is 0.310 e. The highest BCUT2D eigenvalue weighted by Crippen LogP contribution is 2.50. The van der Waals surface area contributed by atoms with Gasteiger partial charge in [-0.15, -0.1) is 0 Å². The van der Waals surface area contributed by atoms with Gasteiger partial charge in [0.25, 0.3) is 0 Å². The molecule has 46 heavy (non-hydrogen) atoms. The number of benzene rings is 8. The molecule has 0 amide bonds. The van der Waals surface area contributed by atoms with Gasteiger partial charge in [0.2, 0.25) is 0 Å². The molecule has 1 nitrogen and oxygen atoms in total. The fraction of sp³-hybridized carbons (Fsp3) is 0.0667. The van der Waals surface area contributed by atoms with Crippen LogP contribution in [-0.4, -0.2) is 0 Å². The van der Waals surface area contributed by atoms with E-state index >= 15 is 0 Å². The summed E-state index contributed by atoms with van der Waals surface area (Å²) in [5.74, 6) is 0. The summed E-state index contributed by atoms with van der Waals surface area (Å²) in [6.07, 6.45) is 0. The second-order valence-corrected chi connectivity index (χ2v) is 13.0. The third-order valence-electron chi connectivity index (χ3n) is 10.0. The Balaban J connectivity index is 1.14. The zero-order valence-corrected chi connectivity index (χ0v) is 26.0. The Morgan fingerprint density at radius 1 is 0.370 bits per heavy atom. The van der Waals surface area contributed by atoms with E-state index in [4.69, 9.17) is 0 Å². The van der Waals surface area contributed by atoms with Crippen molar-refractivity contribution in [3.63, 3.8) is 0 Å². The fourth-order valence-corrected chi connectivity index (χ4v) is 7.67. The van der Waals surface area contributed by atoms with Gasteiger partial charge in [-0.2, -0.15) is 0 Å². The Bertz CT molecular complexity index is 2430. The number of hydrogen-bond donors (Lipinski definition) is 0. The second kappa shape index (κ2) is 10.2. The van der Waals surface area contributed by atoms with Gasteiger partial charge in [0, 0.05) is 22.5 Å². The summed E-state index contributed by atoms with van der Waals surface area (Å²) in [5, 5.41) is 7.73.